The van der Waals surface area contributed by atoms with Gasteiger partial charge in [-0.3, -0.25) is 14.9 Å². The Bertz CT molecular complexity index is 780. The van der Waals surface area contributed by atoms with Gasteiger partial charge in [0.25, 0.3) is 5.69 Å². The Morgan fingerprint density at radius 1 is 1.32 bits per heavy atom. The zero-order valence-corrected chi connectivity index (χ0v) is 11.9. The number of ether oxygens (including phenoxy) is 1. The number of nitro benzene ring substituents is 1. The van der Waals surface area contributed by atoms with Crippen molar-refractivity contribution in [2.24, 2.45) is 0 Å². The molecule has 2 aromatic carbocycles. The summed E-state index contributed by atoms with van der Waals surface area (Å²) in [6.07, 6.45) is 0.301. The molecule has 0 amide bonds. The van der Waals surface area contributed by atoms with E-state index < -0.39 is 16.6 Å². The maximum absolute atomic E-state index is 13.6. The van der Waals surface area contributed by atoms with Gasteiger partial charge in [-0.15, -0.1) is 0 Å². The highest BCUT2D eigenvalue weighted by Crippen LogP contribution is 2.39. The van der Waals surface area contributed by atoms with Gasteiger partial charge in [0.2, 0.25) is 0 Å². The van der Waals surface area contributed by atoms with Crippen LogP contribution in [0.1, 0.15) is 15.9 Å². The first kappa shape index (κ1) is 15.8. The molecule has 0 aliphatic rings. The molecule has 0 heterocycles. The van der Waals surface area contributed by atoms with Crippen LogP contribution < -0.4 is 4.74 Å². The SMILES string of the molecule is Cc1c([N+](=O)[O-])cc(C=O)c(Oc2ccc(F)cc2F)c1Cl. The fourth-order valence-corrected chi connectivity index (χ4v) is 2.02. The number of nitro groups is 1. The average molecular weight is 328 g/mol. The summed E-state index contributed by atoms with van der Waals surface area (Å²) in [4.78, 5) is 21.3. The van der Waals surface area contributed by atoms with Crippen molar-refractivity contribution in [1.29, 1.82) is 0 Å². The molecule has 0 unspecified atom stereocenters. The van der Waals surface area contributed by atoms with E-state index in [1.807, 2.05) is 0 Å². The Hall–Kier alpha value is -2.54. The smallest absolute Gasteiger partial charge is 0.274 e. The van der Waals surface area contributed by atoms with E-state index in [-0.39, 0.29) is 33.3 Å². The molecule has 0 atom stereocenters. The highest BCUT2D eigenvalue weighted by atomic mass is 35.5. The highest BCUT2D eigenvalue weighted by Gasteiger charge is 2.23. The van der Waals surface area contributed by atoms with E-state index >= 15 is 0 Å². The van der Waals surface area contributed by atoms with E-state index in [1.165, 1.54) is 6.92 Å². The van der Waals surface area contributed by atoms with Crippen LogP contribution in [0.5, 0.6) is 11.5 Å². The van der Waals surface area contributed by atoms with Crippen molar-refractivity contribution in [2.45, 2.75) is 6.92 Å². The summed E-state index contributed by atoms with van der Waals surface area (Å²) in [6, 6.07) is 3.56. The number of hydrogen-bond donors (Lipinski definition) is 0. The molecule has 0 bridgehead atoms. The third-order valence-electron chi connectivity index (χ3n) is 2.90. The monoisotopic (exact) mass is 327 g/mol. The van der Waals surface area contributed by atoms with Gasteiger partial charge >= 0.3 is 0 Å². The summed E-state index contributed by atoms with van der Waals surface area (Å²) < 4.78 is 31.7. The van der Waals surface area contributed by atoms with Gasteiger partial charge in [0, 0.05) is 17.7 Å². The lowest BCUT2D eigenvalue weighted by molar-refractivity contribution is -0.385. The predicted octanol–water partition coefficient (Wildman–Crippen LogP) is 4.44. The van der Waals surface area contributed by atoms with Crippen LogP contribution in [-0.2, 0) is 0 Å². The molecule has 0 spiro atoms. The van der Waals surface area contributed by atoms with Gasteiger partial charge in [-0.1, -0.05) is 11.6 Å². The maximum Gasteiger partial charge on any atom is 0.274 e. The van der Waals surface area contributed by atoms with E-state index in [0.717, 1.165) is 18.2 Å². The summed E-state index contributed by atoms with van der Waals surface area (Å²) in [7, 11) is 0. The number of halogens is 3. The molecule has 0 N–H and O–H groups in total. The van der Waals surface area contributed by atoms with E-state index in [9.17, 15) is 23.7 Å². The Kier molecular flexibility index (Phi) is 4.37. The third kappa shape index (κ3) is 2.89. The molecule has 0 aromatic heterocycles. The summed E-state index contributed by atoms with van der Waals surface area (Å²) in [5.41, 5.74) is -0.514. The molecular formula is C14H8ClF2NO4. The first-order chi connectivity index (χ1) is 10.3. The van der Waals surface area contributed by atoms with Crippen molar-refractivity contribution in [1.82, 2.24) is 0 Å². The zero-order chi connectivity index (χ0) is 16.4. The second-order valence-electron chi connectivity index (χ2n) is 4.30. The van der Waals surface area contributed by atoms with Gasteiger partial charge in [0.05, 0.1) is 15.5 Å². The van der Waals surface area contributed by atoms with Crippen LogP contribution >= 0.6 is 11.6 Å². The van der Waals surface area contributed by atoms with E-state index in [4.69, 9.17) is 16.3 Å². The van der Waals surface area contributed by atoms with Gasteiger partial charge in [0.1, 0.15) is 5.82 Å². The van der Waals surface area contributed by atoms with E-state index in [2.05, 4.69) is 0 Å². The van der Waals surface area contributed by atoms with Gasteiger partial charge in [-0.05, 0) is 19.1 Å². The first-order valence-electron chi connectivity index (χ1n) is 5.90. The van der Waals surface area contributed by atoms with Gasteiger partial charge < -0.3 is 4.74 Å². The lowest BCUT2D eigenvalue weighted by Crippen LogP contribution is -2.00. The molecule has 0 aliphatic heterocycles. The summed E-state index contributed by atoms with van der Waals surface area (Å²) in [6.45, 7) is 1.36. The van der Waals surface area contributed by atoms with Gasteiger partial charge in [0.15, 0.2) is 23.6 Å². The molecule has 114 valence electrons. The molecular weight excluding hydrogens is 320 g/mol. The van der Waals surface area contributed by atoms with Crippen LogP contribution in [0.4, 0.5) is 14.5 Å². The topological polar surface area (TPSA) is 69.4 Å². The van der Waals surface area contributed by atoms with Crippen molar-refractivity contribution in [2.75, 3.05) is 0 Å². The van der Waals surface area contributed by atoms with Crippen LogP contribution in [0.15, 0.2) is 24.3 Å². The minimum atomic E-state index is -0.996. The van der Waals surface area contributed by atoms with Crippen LogP contribution in [0, 0.1) is 28.7 Å². The highest BCUT2D eigenvalue weighted by molar-refractivity contribution is 6.33. The minimum absolute atomic E-state index is 0.0646. The molecule has 0 fully saturated rings. The number of rotatable bonds is 4. The number of carbonyl (C=O) groups excluding carboxylic acids is 1. The van der Waals surface area contributed by atoms with Crippen molar-refractivity contribution in [3.63, 3.8) is 0 Å². The summed E-state index contributed by atoms with van der Waals surface area (Å²) >= 11 is 5.98. The number of carbonyl (C=O) groups is 1. The van der Waals surface area contributed by atoms with Gasteiger partial charge in [-0.25, -0.2) is 8.78 Å². The Labute approximate surface area is 128 Å². The summed E-state index contributed by atoms with van der Waals surface area (Å²) in [5, 5.41) is 10.7. The Balaban J connectivity index is 2.57. The lowest BCUT2D eigenvalue weighted by Gasteiger charge is -2.12. The fourth-order valence-electron chi connectivity index (χ4n) is 1.78. The summed E-state index contributed by atoms with van der Waals surface area (Å²) in [5.74, 6) is -2.39. The van der Waals surface area contributed by atoms with Crippen LogP contribution in [0.25, 0.3) is 0 Å². The lowest BCUT2D eigenvalue weighted by atomic mass is 10.1. The first-order valence-corrected chi connectivity index (χ1v) is 6.28. The molecule has 5 nitrogen and oxygen atoms in total. The molecule has 0 saturated carbocycles. The molecule has 22 heavy (non-hydrogen) atoms. The molecule has 2 aromatic rings. The van der Waals surface area contributed by atoms with Crippen molar-refractivity contribution in [3.8, 4) is 11.5 Å². The van der Waals surface area contributed by atoms with E-state index in [1.54, 1.807) is 0 Å². The maximum atomic E-state index is 13.6. The minimum Gasteiger partial charge on any atom is -0.452 e. The normalized spacial score (nSPS) is 10.4. The van der Waals surface area contributed by atoms with Crippen molar-refractivity contribution < 1.29 is 23.2 Å². The quantitative estimate of drug-likeness (QED) is 0.473. The predicted molar refractivity (Wildman–Crippen MR) is 74.7 cm³/mol. The van der Waals surface area contributed by atoms with E-state index in [0.29, 0.717) is 12.4 Å². The second kappa shape index (κ2) is 6.07. The van der Waals surface area contributed by atoms with Crippen LogP contribution in [-0.4, -0.2) is 11.2 Å². The molecule has 0 aliphatic carbocycles. The van der Waals surface area contributed by atoms with Crippen LogP contribution in [0.2, 0.25) is 5.02 Å². The number of benzene rings is 2. The Morgan fingerprint density at radius 3 is 2.55 bits per heavy atom. The number of hydrogen-bond acceptors (Lipinski definition) is 4. The average Bonchev–Trinajstić information content (AvgIpc) is 2.46. The zero-order valence-electron chi connectivity index (χ0n) is 11.1. The standard InChI is InChI=1S/C14H8ClF2NO4/c1-7-11(18(20)21)4-8(6-19)14(13(7)15)22-12-3-2-9(16)5-10(12)17/h2-6H,1H3. The molecule has 0 saturated heterocycles. The van der Waals surface area contributed by atoms with Crippen LogP contribution in [0.3, 0.4) is 0 Å². The van der Waals surface area contributed by atoms with Gasteiger partial charge in [-0.2, -0.15) is 0 Å². The molecule has 0 radical (unpaired) electrons. The molecule has 2 rings (SSSR count). The Morgan fingerprint density at radius 2 is 2.00 bits per heavy atom. The van der Waals surface area contributed by atoms with Crippen molar-refractivity contribution >= 4 is 23.6 Å². The largest absolute Gasteiger partial charge is 0.452 e. The fraction of sp³-hybridized carbons (Fsp3) is 0.0714. The number of aldehydes is 1. The second-order valence-corrected chi connectivity index (χ2v) is 4.68. The molecule has 8 heteroatoms. The van der Waals surface area contributed by atoms with Crippen molar-refractivity contribution in [3.05, 3.63) is 62.2 Å². The number of nitrogens with zero attached hydrogens (tertiary/aromatic N) is 1. The third-order valence-corrected chi connectivity index (χ3v) is 3.35.